The molecule has 0 saturated heterocycles. The zero-order chi connectivity index (χ0) is 18.0. The van der Waals surface area contributed by atoms with Crippen molar-refractivity contribution in [1.29, 1.82) is 0 Å². The zero-order valence-corrected chi connectivity index (χ0v) is 14.2. The van der Waals surface area contributed by atoms with Crippen molar-refractivity contribution in [3.8, 4) is 0 Å². The normalized spacial score (nSPS) is 10.8. The van der Waals surface area contributed by atoms with Crippen LogP contribution in [0, 0.1) is 0 Å². The van der Waals surface area contributed by atoms with Crippen molar-refractivity contribution >= 4 is 23.1 Å². The number of hydrogen-bond donors (Lipinski definition) is 2. The second-order valence-electron chi connectivity index (χ2n) is 5.62. The van der Waals surface area contributed by atoms with Gasteiger partial charge in [-0.15, -0.1) is 0 Å². The SMILES string of the molecule is O=C(NCCCn1ccnc1)Nc1ccc(N=Nc2ccccc2)cc1. The lowest BCUT2D eigenvalue weighted by atomic mass is 10.3. The summed E-state index contributed by atoms with van der Waals surface area (Å²) in [5.41, 5.74) is 2.22. The lowest BCUT2D eigenvalue weighted by molar-refractivity contribution is 0.252. The average Bonchev–Trinajstić information content (AvgIpc) is 3.19. The van der Waals surface area contributed by atoms with Crippen LogP contribution in [0.5, 0.6) is 0 Å². The molecule has 1 heterocycles. The summed E-state index contributed by atoms with van der Waals surface area (Å²) in [5.74, 6) is 0. The molecule has 0 aliphatic carbocycles. The fourth-order valence-electron chi connectivity index (χ4n) is 2.28. The molecule has 0 unspecified atom stereocenters. The Morgan fingerprint density at radius 3 is 2.42 bits per heavy atom. The molecule has 0 fully saturated rings. The van der Waals surface area contributed by atoms with Crippen molar-refractivity contribution in [2.45, 2.75) is 13.0 Å². The number of aromatic nitrogens is 2. The number of carbonyl (C=O) groups is 1. The van der Waals surface area contributed by atoms with Gasteiger partial charge in [-0.2, -0.15) is 10.2 Å². The number of carbonyl (C=O) groups excluding carboxylic acids is 1. The van der Waals surface area contributed by atoms with Gasteiger partial charge in [0.2, 0.25) is 0 Å². The fraction of sp³-hybridized carbons (Fsp3) is 0.158. The number of anilines is 1. The summed E-state index contributed by atoms with van der Waals surface area (Å²) in [6.45, 7) is 1.41. The molecule has 0 radical (unpaired) electrons. The molecule has 26 heavy (non-hydrogen) atoms. The highest BCUT2D eigenvalue weighted by atomic mass is 16.2. The third-order valence-corrected chi connectivity index (χ3v) is 3.60. The molecule has 0 aliphatic rings. The molecule has 0 aliphatic heterocycles. The van der Waals surface area contributed by atoms with Gasteiger partial charge in [-0.25, -0.2) is 9.78 Å². The highest BCUT2D eigenvalue weighted by Crippen LogP contribution is 2.19. The molecule has 7 heteroatoms. The summed E-state index contributed by atoms with van der Waals surface area (Å²) in [7, 11) is 0. The van der Waals surface area contributed by atoms with Gasteiger partial charge in [0, 0.05) is 31.2 Å². The van der Waals surface area contributed by atoms with E-state index in [1.807, 2.05) is 41.1 Å². The van der Waals surface area contributed by atoms with Crippen molar-refractivity contribution < 1.29 is 4.79 Å². The lowest BCUT2D eigenvalue weighted by Gasteiger charge is -2.08. The van der Waals surface area contributed by atoms with Gasteiger partial charge in [-0.3, -0.25) is 0 Å². The number of imidazole rings is 1. The van der Waals surface area contributed by atoms with E-state index < -0.39 is 0 Å². The molecule has 3 aromatic rings. The Kier molecular flexibility index (Phi) is 6.09. The first-order valence-electron chi connectivity index (χ1n) is 8.37. The average molecular weight is 348 g/mol. The van der Waals surface area contributed by atoms with E-state index in [1.54, 1.807) is 36.8 Å². The monoisotopic (exact) mass is 348 g/mol. The summed E-state index contributed by atoms with van der Waals surface area (Å²) < 4.78 is 1.97. The van der Waals surface area contributed by atoms with E-state index in [0.717, 1.165) is 24.3 Å². The molecule has 7 nitrogen and oxygen atoms in total. The van der Waals surface area contributed by atoms with Gasteiger partial charge >= 0.3 is 6.03 Å². The minimum atomic E-state index is -0.228. The maximum atomic E-state index is 11.9. The van der Waals surface area contributed by atoms with Crippen molar-refractivity contribution in [3.05, 3.63) is 73.3 Å². The summed E-state index contributed by atoms with van der Waals surface area (Å²) in [6, 6.07) is 16.5. The zero-order valence-electron chi connectivity index (χ0n) is 14.2. The molecular weight excluding hydrogens is 328 g/mol. The van der Waals surface area contributed by atoms with Crippen LogP contribution in [0.1, 0.15) is 6.42 Å². The van der Waals surface area contributed by atoms with Crippen LogP contribution in [-0.2, 0) is 6.54 Å². The number of hydrogen-bond acceptors (Lipinski definition) is 4. The first kappa shape index (κ1) is 17.3. The van der Waals surface area contributed by atoms with E-state index >= 15 is 0 Å². The second-order valence-corrected chi connectivity index (χ2v) is 5.62. The summed E-state index contributed by atoms with van der Waals surface area (Å²) in [6.07, 6.45) is 6.24. The van der Waals surface area contributed by atoms with Crippen LogP contribution in [0.4, 0.5) is 21.9 Å². The molecule has 0 bridgehead atoms. The molecule has 0 spiro atoms. The highest BCUT2D eigenvalue weighted by molar-refractivity contribution is 5.89. The van der Waals surface area contributed by atoms with Crippen LogP contribution in [0.25, 0.3) is 0 Å². The molecule has 132 valence electrons. The first-order valence-corrected chi connectivity index (χ1v) is 8.37. The highest BCUT2D eigenvalue weighted by Gasteiger charge is 2.01. The van der Waals surface area contributed by atoms with Crippen molar-refractivity contribution in [2.24, 2.45) is 10.2 Å². The van der Waals surface area contributed by atoms with E-state index in [4.69, 9.17) is 0 Å². The summed E-state index contributed by atoms with van der Waals surface area (Å²) in [5, 5.41) is 14.0. The summed E-state index contributed by atoms with van der Waals surface area (Å²) >= 11 is 0. The Balaban J connectivity index is 1.42. The molecule has 0 atom stereocenters. The Morgan fingerprint density at radius 2 is 1.73 bits per heavy atom. The maximum Gasteiger partial charge on any atom is 0.319 e. The molecule has 1 aromatic heterocycles. The number of benzene rings is 2. The molecule has 2 N–H and O–H groups in total. The predicted molar refractivity (Wildman–Crippen MR) is 101 cm³/mol. The van der Waals surface area contributed by atoms with Crippen molar-refractivity contribution in [3.63, 3.8) is 0 Å². The Morgan fingerprint density at radius 1 is 1.00 bits per heavy atom. The third kappa shape index (κ3) is 5.55. The van der Waals surface area contributed by atoms with Gasteiger partial charge in [-0.05, 0) is 42.8 Å². The predicted octanol–water partition coefficient (Wildman–Crippen LogP) is 4.51. The van der Waals surface area contributed by atoms with Crippen LogP contribution in [0.15, 0.2) is 83.5 Å². The van der Waals surface area contributed by atoms with Gasteiger partial charge < -0.3 is 15.2 Å². The molecule has 2 amide bonds. The topological polar surface area (TPSA) is 83.7 Å². The van der Waals surface area contributed by atoms with Crippen molar-refractivity contribution in [2.75, 3.05) is 11.9 Å². The largest absolute Gasteiger partial charge is 0.338 e. The van der Waals surface area contributed by atoms with E-state index in [1.165, 1.54) is 0 Å². The number of rotatable bonds is 7. The van der Waals surface area contributed by atoms with E-state index in [0.29, 0.717) is 12.2 Å². The summed E-state index contributed by atoms with van der Waals surface area (Å²) in [4.78, 5) is 15.9. The fourth-order valence-corrected chi connectivity index (χ4v) is 2.28. The third-order valence-electron chi connectivity index (χ3n) is 3.60. The molecule has 2 aromatic carbocycles. The van der Waals surface area contributed by atoms with Crippen molar-refractivity contribution in [1.82, 2.24) is 14.9 Å². The minimum Gasteiger partial charge on any atom is -0.338 e. The van der Waals surface area contributed by atoms with Gasteiger partial charge in [0.25, 0.3) is 0 Å². The standard InChI is InChI=1S/C19H20N6O/c26-19(21-11-4-13-25-14-12-20-15-25)22-16-7-9-18(10-8-16)24-23-17-5-2-1-3-6-17/h1-3,5-10,12,14-15H,4,11,13H2,(H2,21,22,26). The number of aryl methyl sites for hydroxylation is 1. The lowest BCUT2D eigenvalue weighted by Crippen LogP contribution is -2.29. The van der Waals surface area contributed by atoms with Crippen LogP contribution < -0.4 is 10.6 Å². The van der Waals surface area contributed by atoms with Crippen LogP contribution >= 0.6 is 0 Å². The van der Waals surface area contributed by atoms with E-state index in [2.05, 4.69) is 25.8 Å². The Labute approximate surface area is 151 Å². The number of nitrogens with one attached hydrogen (secondary N) is 2. The van der Waals surface area contributed by atoms with Crippen LogP contribution in [0.3, 0.4) is 0 Å². The first-order chi connectivity index (χ1) is 12.8. The van der Waals surface area contributed by atoms with Gasteiger partial charge in [0.1, 0.15) is 0 Å². The number of nitrogens with zero attached hydrogens (tertiary/aromatic N) is 4. The quantitative estimate of drug-likeness (QED) is 0.486. The molecule has 0 saturated carbocycles. The van der Waals surface area contributed by atoms with Crippen LogP contribution in [-0.4, -0.2) is 22.1 Å². The Hall–Kier alpha value is -3.48. The van der Waals surface area contributed by atoms with Crippen LogP contribution in [0.2, 0.25) is 0 Å². The number of amides is 2. The number of urea groups is 1. The second kappa shape index (κ2) is 9.12. The van der Waals surface area contributed by atoms with Gasteiger partial charge in [-0.1, -0.05) is 18.2 Å². The van der Waals surface area contributed by atoms with E-state index in [-0.39, 0.29) is 6.03 Å². The maximum absolute atomic E-state index is 11.9. The van der Waals surface area contributed by atoms with E-state index in [9.17, 15) is 4.79 Å². The Bertz CT molecular complexity index is 828. The smallest absolute Gasteiger partial charge is 0.319 e. The number of azo groups is 1. The van der Waals surface area contributed by atoms with Gasteiger partial charge in [0.15, 0.2) is 0 Å². The molecular formula is C19H20N6O. The molecule has 3 rings (SSSR count). The minimum absolute atomic E-state index is 0.228. The van der Waals surface area contributed by atoms with Gasteiger partial charge in [0.05, 0.1) is 17.7 Å².